The monoisotopic (exact) mass is 713 g/mol. The smallest absolute Gasteiger partial charge is 0.268 e. The fraction of sp³-hybridized carbons (Fsp3) is 0.548. The Morgan fingerprint density at radius 2 is 1.17 bits per heavy atom. The van der Waals surface area contributed by atoms with Crippen LogP contribution in [-0.4, -0.2) is 46.5 Å². The zero-order chi connectivity index (χ0) is 37.8. The maximum absolute atomic E-state index is 10.5. The van der Waals surface area contributed by atoms with Crippen molar-refractivity contribution in [1.82, 2.24) is 4.90 Å². The van der Waals surface area contributed by atoms with E-state index < -0.39 is 15.7 Å². The molecule has 0 aliphatic heterocycles. The summed E-state index contributed by atoms with van der Waals surface area (Å²) in [5, 5.41) is 0. The number of carbonyl (C=O) groups excluding carboxylic acids is 1. The van der Waals surface area contributed by atoms with Gasteiger partial charge in [0.2, 0.25) is 0 Å². The van der Waals surface area contributed by atoms with E-state index in [4.69, 9.17) is 15.5 Å². The van der Waals surface area contributed by atoms with Gasteiger partial charge in [-0.3, -0.25) is 0 Å². The summed E-state index contributed by atoms with van der Waals surface area (Å²) in [5.41, 5.74) is 10.7. The number of nitrogens with zero attached hydrogens (tertiary/aromatic N) is 1. The minimum absolute atomic E-state index is 0.116. The maximum atomic E-state index is 10.5. The zero-order valence-corrected chi connectivity index (χ0v) is 36.4. The summed E-state index contributed by atoms with van der Waals surface area (Å²) in [4.78, 5) is 12.9. The van der Waals surface area contributed by atoms with Crippen molar-refractivity contribution in [2.24, 2.45) is 5.92 Å². The zero-order valence-electron chi connectivity index (χ0n) is 33.6. The Morgan fingerprint density at radius 3 is 1.44 bits per heavy atom. The van der Waals surface area contributed by atoms with E-state index >= 15 is 0 Å². The average molecular weight is 715 g/mol. The van der Waals surface area contributed by atoms with Gasteiger partial charge in [-0.15, -0.1) is 13.2 Å². The highest BCUT2D eigenvalue weighted by Crippen LogP contribution is 2.24. The highest BCUT2D eigenvalue weighted by Gasteiger charge is 2.17. The molecule has 0 aromatic heterocycles. The third kappa shape index (κ3) is 24.0. The number of carbonyl (C=O) groups is 1. The van der Waals surface area contributed by atoms with E-state index in [-0.39, 0.29) is 16.7 Å². The molecule has 1 unspecified atom stereocenters. The van der Waals surface area contributed by atoms with Crippen molar-refractivity contribution in [3.8, 4) is 0 Å². The molecule has 0 aliphatic rings. The first-order valence-electron chi connectivity index (χ1n) is 17.6. The van der Waals surface area contributed by atoms with Gasteiger partial charge in [0.25, 0.3) is 8.32 Å². The number of hydrogen-bond donors (Lipinski definition) is 0. The lowest BCUT2D eigenvalue weighted by Crippen LogP contribution is -2.24. The summed E-state index contributed by atoms with van der Waals surface area (Å²) in [7, 11) is -3.10. The minimum Gasteiger partial charge on any atom is -0.546 e. The molecule has 2 aromatic carbocycles. The standard InChI is InChI=1S/C18H28OSi.C14H20O.C6H15N.C4H9ClSi/c1-8-20(6,7)19-14-15(2)13-16-9-11-17(12-10-16)18(3,4)5;1-11(10-15)9-12-5-7-13(8-6-12)14(2,3)4;1-4-7(5-2)6-3;1-4-6(2,3)5/h8-12,14H,1,13H2,2-7H3;5-8,10-11H,9H2,1-4H3;4-6H2,1-3H3;4H,1H2,2-3H3/b15-14+;;;. The van der Waals surface area contributed by atoms with E-state index in [2.05, 4.69) is 149 Å². The van der Waals surface area contributed by atoms with Gasteiger partial charge < -0.3 is 14.1 Å². The van der Waals surface area contributed by atoms with Crippen LogP contribution in [-0.2, 0) is 32.9 Å². The van der Waals surface area contributed by atoms with Crippen molar-refractivity contribution in [2.75, 3.05) is 19.6 Å². The van der Waals surface area contributed by atoms with Crippen LogP contribution in [0.4, 0.5) is 0 Å². The molecule has 272 valence electrons. The van der Waals surface area contributed by atoms with E-state index in [9.17, 15) is 4.79 Å². The topological polar surface area (TPSA) is 29.5 Å². The Bertz CT molecular complexity index is 1190. The Hall–Kier alpha value is -2.19. The predicted octanol–water partition coefficient (Wildman–Crippen LogP) is 12.2. The van der Waals surface area contributed by atoms with Crippen molar-refractivity contribution in [3.05, 3.63) is 107 Å². The second-order valence-corrected chi connectivity index (χ2v) is 26.0. The lowest BCUT2D eigenvalue weighted by molar-refractivity contribution is -0.110. The second-order valence-electron chi connectivity index (χ2n) is 15.7. The van der Waals surface area contributed by atoms with Crippen LogP contribution in [0.25, 0.3) is 0 Å². The van der Waals surface area contributed by atoms with Crippen LogP contribution in [0, 0.1) is 5.92 Å². The molecule has 2 rings (SSSR count). The molecule has 6 heteroatoms. The van der Waals surface area contributed by atoms with Gasteiger partial charge in [0, 0.05) is 5.92 Å². The largest absolute Gasteiger partial charge is 0.546 e. The van der Waals surface area contributed by atoms with Crippen LogP contribution < -0.4 is 0 Å². The summed E-state index contributed by atoms with van der Waals surface area (Å²) in [5.74, 6) is 0.116. The number of rotatable bonds is 12. The molecule has 0 N–H and O–H groups in total. The summed E-state index contributed by atoms with van der Waals surface area (Å²) < 4.78 is 5.85. The molecule has 0 saturated heterocycles. The first-order chi connectivity index (χ1) is 22.0. The molecule has 0 fully saturated rings. The SMILES string of the molecule is C=C[Si](C)(C)Cl.C=C[Si](C)(C)O/C=C(\C)Cc1ccc(C(C)(C)C)cc1.CC(C=O)Cc1ccc(C(C)(C)C)cc1.CCN(CC)CC. The van der Waals surface area contributed by atoms with E-state index in [0.717, 1.165) is 19.1 Å². The molecule has 0 saturated carbocycles. The molecule has 2 aromatic rings. The molecular weight excluding hydrogens is 642 g/mol. The van der Waals surface area contributed by atoms with Crippen molar-refractivity contribution in [1.29, 1.82) is 0 Å². The number of aldehydes is 1. The summed E-state index contributed by atoms with van der Waals surface area (Å²) in [6.45, 7) is 43.3. The minimum atomic E-state index is -1.70. The number of halogens is 1. The summed E-state index contributed by atoms with van der Waals surface area (Å²) >= 11 is 5.74. The molecule has 0 radical (unpaired) electrons. The summed E-state index contributed by atoms with van der Waals surface area (Å²) in [6.07, 6.45) is 4.70. The van der Waals surface area contributed by atoms with Gasteiger partial charge in [0.05, 0.1) is 6.26 Å². The third-order valence-electron chi connectivity index (χ3n) is 7.80. The van der Waals surface area contributed by atoms with E-state index in [0.29, 0.717) is 0 Å². The third-order valence-corrected chi connectivity index (χ3v) is 10.9. The Labute approximate surface area is 304 Å². The van der Waals surface area contributed by atoms with Crippen molar-refractivity contribution in [2.45, 2.75) is 126 Å². The van der Waals surface area contributed by atoms with Gasteiger partial charge in [-0.05, 0) is 91.2 Å². The number of hydrogen-bond acceptors (Lipinski definition) is 3. The lowest BCUT2D eigenvalue weighted by atomic mass is 9.86. The van der Waals surface area contributed by atoms with Gasteiger partial charge in [0.15, 0.2) is 7.38 Å². The van der Waals surface area contributed by atoms with Gasteiger partial charge in [-0.2, -0.15) is 11.1 Å². The average Bonchev–Trinajstić information content (AvgIpc) is 3.01. The van der Waals surface area contributed by atoms with Crippen LogP contribution in [0.5, 0.6) is 0 Å². The molecule has 0 aliphatic carbocycles. The van der Waals surface area contributed by atoms with Gasteiger partial charge in [-0.1, -0.05) is 142 Å². The van der Waals surface area contributed by atoms with Gasteiger partial charge in [0.1, 0.15) is 6.29 Å². The van der Waals surface area contributed by atoms with Crippen LogP contribution in [0.3, 0.4) is 0 Å². The molecule has 0 amide bonds. The second kappa shape index (κ2) is 23.3. The van der Waals surface area contributed by atoms with E-state index in [1.807, 2.05) is 37.7 Å². The maximum Gasteiger partial charge on any atom is 0.268 e. The molecule has 0 bridgehead atoms. The van der Waals surface area contributed by atoms with Crippen LogP contribution in [0.15, 0.2) is 84.9 Å². The fourth-order valence-corrected chi connectivity index (χ4v) is 4.62. The Morgan fingerprint density at radius 1 is 0.792 bits per heavy atom. The van der Waals surface area contributed by atoms with Crippen LogP contribution in [0.2, 0.25) is 26.2 Å². The molecule has 3 nitrogen and oxygen atoms in total. The molecule has 0 heterocycles. The molecule has 48 heavy (non-hydrogen) atoms. The van der Waals surface area contributed by atoms with Gasteiger partial charge in [-0.25, -0.2) is 0 Å². The normalized spacial score (nSPS) is 12.6. The van der Waals surface area contributed by atoms with Gasteiger partial charge >= 0.3 is 0 Å². The van der Waals surface area contributed by atoms with E-state index in [1.165, 1.54) is 47.5 Å². The first-order valence-corrected chi connectivity index (χ1v) is 24.7. The summed E-state index contributed by atoms with van der Waals surface area (Å²) in [6, 6.07) is 17.5. The molecular formula is C42H72ClNO2Si2. The van der Waals surface area contributed by atoms with Crippen molar-refractivity contribution in [3.63, 3.8) is 0 Å². The lowest BCUT2D eigenvalue weighted by Gasteiger charge is -2.19. The Kier molecular flexibility index (Phi) is 23.2. The fourth-order valence-electron chi connectivity index (χ4n) is 4.02. The van der Waals surface area contributed by atoms with Crippen molar-refractivity contribution >= 4 is 33.1 Å². The Balaban J connectivity index is 0. The molecule has 1 atom stereocenters. The predicted molar refractivity (Wildman–Crippen MR) is 222 cm³/mol. The number of allylic oxidation sites excluding steroid dienone is 1. The highest BCUT2D eigenvalue weighted by molar-refractivity contribution is 7.21. The molecule has 0 spiro atoms. The highest BCUT2D eigenvalue weighted by atomic mass is 35.6. The number of benzene rings is 2. The van der Waals surface area contributed by atoms with E-state index in [1.54, 1.807) is 0 Å². The van der Waals surface area contributed by atoms with Crippen molar-refractivity contribution < 1.29 is 9.22 Å². The quantitative estimate of drug-likeness (QED) is 0.0949. The van der Waals surface area contributed by atoms with Crippen LogP contribution in [0.1, 0.15) is 98.4 Å². The van der Waals surface area contributed by atoms with Crippen LogP contribution >= 0.6 is 11.1 Å². The first kappa shape index (κ1) is 47.9.